The van der Waals surface area contributed by atoms with Crippen LogP contribution in [0.2, 0.25) is 5.02 Å². The zero-order valence-electron chi connectivity index (χ0n) is 16.5. The van der Waals surface area contributed by atoms with Crippen LogP contribution in [0.25, 0.3) is 0 Å². The average molecular weight is 440 g/mol. The Balaban J connectivity index is 1.91. The summed E-state index contributed by atoms with van der Waals surface area (Å²) in [6, 6.07) is 4.09. The highest BCUT2D eigenvalue weighted by molar-refractivity contribution is 7.80. The number of imidazole rings is 1. The van der Waals surface area contributed by atoms with Crippen molar-refractivity contribution in [3.63, 3.8) is 0 Å². The minimum absolute atomic E-state index is 0.0140. The number of halogens is 2. The molecule has 6 nitrogen and oxygen atoms in total. The minimum atomic E-state index is -0.688. The van der Waals surface area contributed by atoms with E-state index < -0.39 is 23.6 Å². The summed E-state index contributed by atoms with van der Waals surface area (Å²) in [6.07, 6.45) is 5.07. The van der Waals surface area contributed by atoms with Gasteiger partial charge in [0.25, 0.3) is 5.17 Å². The topological polar surface area (TPSA) is 56.6 Å². The number of likely N-dealkylation sites (tertiary alicyclic amines) is 1. The SMILES string of the molecule is CC(C)(C)OC(=O)N1CCC[C@H]1C(OC(=S)n1ccnc1)c1ccc(Cl)c(F)c1. The molecule has 1 aromatic carbocycles. The first-order chi connectivity index (χ1) is 13.7. The zero-order valence-corrected chi connectivity index (χ0v) is 18.0. The fourth-order valence-corrected chi connectivity index (χ4v) is 3.58. The van der Waals surface area contributed by atoms with Crippen LogP contribution in [0.15, 0.2) is 36.9 Å². The molecular formula is C20H23ClFN3O3S. The largest absolute Gasteiger partial charge is 0.460 e. The van der Waals surface area contributed by atoms with Gasteiger partial charge in [-0.1, -0.05) is 17.7 Å². The first-order valence-corrected chi connectivity index (χ1v) is 10.1. The lowest BCUT2D eigenvalue weighted by Crippen LogP contribution is -2.43. The third-order valence-corrected chi connectivity index (χ3v) is 5.11. The normalized spacial score (nSPS) is 17.8. The van der Waals surface area contributed by atoms with E-state index in [4.69, 9.17) is 33.3 Å². The lowest BCUT2D eigenvalue weighted by Gasteiger charge is -2.33. The van der Waals surface area contributed by atoms with E-state index in [0.717, 1.165) is 6.42 Å². The van der Waals surface area contributed by atoms with Crippen molar-refractivity contribution < 1.29 is 18.7 Å². The maximum atomic E-state index is 14.2. The first-order valence-electron chi connectivity index (χ1n) is 9.29. The minimum Gasteiger partial charge on any atom is -0.460 e. The van der Waals surface area contributed by atoms with Crippen molar-refractivity contribution in [2.45, 2.75) is 51.4 Å². The second kappa shape index (κ2) is 8.67. The Morgan fingerprint density at radius 1 is 1.41 bits per heavy atom. The quantitative estimate of drug-likeness (QED) is 0.632. The molecule has 156 valence electrons. The highest BCUT2D eigenvalue weighted by Crippen LogP contribution is 2.35. The predicted octanol–water partition coefficient (Wildman–Crippen LogP) is 4.97. The first kappa shape index (κ1) is 21.5. The lowest BCUT2D eigenvalue weighted by atomic mass is 10.00. The molecule has 0 saturated carbocycles. The molecule has 0 bridgehead atoms. The number of nitrogens with zero attached hydrogens (tertiary/aromatic N) is 3. The van der Waals surface area contributed by atoms with Gasteiger partial charge in [0.05, 0.1) is 11.1 Å². The summed E-state index contributed by atoms with van der Waals surface area (Å²) in [5, 5.41) is 0.166. The van der Waals surface area contributed by atoms with Crippen LogP contribution in [0.1, 0.15) is 45.3 Å². The summed E-state index contributed by atoms with van der Waals surface area (Å²) in [7, 11) is 0. The van der Waals surface area contributed by atoms with Gasteiger partial charge in [-0.25, -0.2) is 14.2 Å². The van der Waals surface area contributed by atoms with Gasteiger partial charge in [0, 0.05) is 18.9 Å². The summed E-state index contributed by atoms with van der Waals surface area (Å²) < 4.78 is 27.3. The Bertz CT molecular complexity index is 886. The Hall–Kier alpha value is -2.19. The summed E-state index contributed by atoms with van der Waals surface area (Å²) in [4.78, 5) is 18.3. The Kier molecular flexibility index (Phi) is 6.43. The number of thiocarbonyl (C=S) groups is 1. The second-order valence-corrected chi connectivity index (χ2v) is 8.59. The monoisotopic (exact) mass is 439 g/mol. The molecule has 0 spiro atoms. The van der Waals surface area contributed by atoms with Crippen LogP contribution >= 0.6 is 23.8 Å². The van der Waals surface area contributed by atoms with E-state index >= 15 is 0 Å². The second-order valence-electron chi connectivity index (χ2n) is 7.83. The summed E-state index contributed by atoms with van der Waals surface area (Å²) in [5.41, 5.74) is -0.0891. The molecule has 1 aliphatic heterocycles. The molecule has 29 heavy (non-hydrogen) atoms. The predicted molar refractivity (Wildman–Crippen MR) is 111 cm³/mol. The van der Waals surface area contributed by atoms with Gasteiger partial charge in [-0.2, -0.15) is 0 Å². The molecule has 0 radical (unpaired) electrons. The Morgan fingerprint density at radius 2 is 2.17 bits per heavy atom. The van der Waals surface area contributed by atoms with E-state index in [0.29, 0.717) is 18.5 Å². The van der Waals surface area contributed by atoms with E-state index in [2.05, 4.69) is 4.98 Å². The number of hydrogen-bond acceptors (Lipinski definition) is 5. The van der Waals surface area contributed by atoms with E-state index in [1.807, 2.05) is 20.8 Å². The van der Waals surface area contributed by atoms with Gasteiger partial charge < -0.3 is 14.4 Å². The number of hydrogen-bond donors (Lipinski definition) is 0. The van der Waals surface area contributed by atoms with Crippen LogP contribution < -0.4 is 0 Å². The Morgan fingerprint density at radius 3 is 2.79 bits per heavy atom. The van der Waals surface area contributed by atoms with Gasteiger partial charge >= 0.3 is 6.09 Å². The molecule has 2 heterocycles. The van der Waals surface area contributed by atoms with Crippen molar-refractivity contribution in [1.29, 1.82) is 0 Å². The van der Waals surface area contributed by atoms with Crippen LogP contribution in [0.4, 0.5) is 9.18 Å². The maximum absolute atomic E-state index is 14.2. The van der Waals surface area contributed by atoms with Crippen LogP contribution in [-0.4, -0.2) is 43.9 Å². The molecule has 1 aromatic heterocycles. The number of rotatable bonds is 3. The molecule has 0 aliphatic carbocycles. The highest BCUT2D eigenvalue weighted by atomic mass is 35.5. The number of ether oxygens (including phenoxy) is 2. The van der Waals surface area contributed by atoms with Crippen LogP contribution in [0.5, 0.6) is 0 Å². The molecule has 1 aliphatic rings. The van der Waals surface area contributed by atoms with Crippen molar-refractivity contribution in [3.8, 4) is 0 Å². The van der Waals surface area contributed by atoms with Crippen molar-refractivity contribution in [1.82, 2.24) is 14.5 Å². The molecule has 2 aromatic rings. The third-order valence-electron chi connectivity index (χ3n) is 4.49. The van der Waals surface area contributed by atoms with Gasteiger partial charge in [-0.3, -0.25) is 4.57 Å². The van der Waals surface area contributed by atoms with E-state index in [9.17, 15) is 9.18 Å². The lowest BCUT2D eigenvalue weighted by molar-refractivity contribution is 0.00707. The van der Waals surface area contributed by atoms with Gasteiger partial charge in [0.1, 0.15) is 23.8 Å². The van der Waals surface area contributed by atoms with E-state index in [1.165, 1.54) is 18.5 Å². The van der Waals surface area contributed by atoms with Crippen molar-refractivity contribution in [2.75, 3.05) is 6.54 Å². The van der Waals surface area contributed by atoms with Crippen molar-refractivity contribution in [2.24, 2.45) is 0 Å². The molecule has 1 unspecified atom stereocenters. The molecule has 9 heteroatoms. The van der Waals surface area contributed by atoms with Gasteiger partial charge in [-0.15, -0.1) is 0 Å². The van der Waals surface area contributed by atoms with Crippen LogP contribution in [0, 0.1) is 5.82 Å². The van der Waals surface area contributed by atoms with Gasteiger partial charge in [-0.05, 0) is 63.5 Å². The maximum Gasteiger partial charge on any atom is 0.410 e. The van der Waals surface area contributed by atoms with Gasteiger partial charge in [0.2, 0.25) is 0 Å². The number of aromatic nitrogens is 2. The fourth-order valence-electron chi connectivity index (χ4n) is 3.25. The fraction of sp³-hybridized carbons (Fsp3) is 0.450. The average Bonchev–Trinajstić information content (AvgIpc) is 3.32. The molecule has 1 amide bonds. The smallest absolute Gasteiger partial charge is 0.410 e. The molecule has 1 fully saturated rings. The zero-order chi connectivity index (χ0) is 21.2. The molecule has 3 rings (SSSR count). The van der Waals surface area contributed by atoms with Crippen molar-refractivity contribution >= 4 is 35.1 Å². The third kappa shape index (κ3) is 5.25. The number of amides is 1. The van der Waals surface area contributed by atoms with E-state index in [-0.39, 0.29) is 16.2 Å². The molecule has 0 N–H and O–H groups in total. The van der Waals surface area contributed by atoms with Crippen LogP contribution in [0.3, 0.4) is 0 Å². The molecule has 1 saturated heterocycles. The standard InChI is InChI=1S/C20H23ClFN3O3S/c1-20(2,3)28-18(26)25-9-4-5-16(25)17(13-6-7-14(21)15(22)11-13)27-19(29)24-10-8-23-12-24/h6-8,10-12,16-17H,4-5,9H2,1-3H3/t16-,17?/m0/s1. The van der Waals surface area contributed by atoms with E-state index in [1.54, 1.807) is 27.9 Å². The number of benzene rings is 1. The van der Waals surface area contributed by atoms with Crippen LogP contribution in [-0.2, 0) is 9.47 Å². The summed E-state index contributed by atoms with van der Waals surface area (Å²) in [5.74, 6) is -0.562. The van der Waals surface area contributed by atoms with Gasteiger partial charge in [0.15, 0.2) is 0 Å². The molecule has 2 atom stereocenters. The highest BCUT2D eigenvalue weighted by Gasteiger charge is 2.39. The Labute approximate surface area is 179 Å². The summed E-state index contributed by atoms with van der Waals surface area (Å²) in [6.45, 7) is 5.96. The summed E-state index contributed by atoms with van der Waals surface area (Å²) >= 11 is 11.2. The number of carbonyl (C=O) groups is 1. The molecular weight excluding hydrogens is 417 g/mol. The number of carbonyl (C=O) groups excluding carboxylic acids is 1. The van der Waals surface area contributed by atoms with Crippen molar-refractivity contribution in [3.05, 3.63) is 53.3 Å².